The molecule has 0 unspecified atom stereocenters. The van der Waals surface area contributed by atoms with Crippen LogP contribution in [0.5, 0.6) is 0 Å². The van der Waals surface area contributed by atoms with Gasteiger partial charge in [-0.05, 0) is 45.7 Å². The Bertz CT molecular complexity index is 641. The van der Waals surface area contributed by atoms with Gasteiger partial charge in [0, 0.05) is 24.1 Å². The predicted octanol–water partition coefficient (Wildman–Crippen LogP) is 2.78. The molecule has 4 rings (SSSR count). The first-order chi connectivity index (χ1) is 10.3. The van der Waals surface area contributed by atoms with Crippen LogP contribution in [0.4, 0.5) is 0 Å². The van der Waals surface area contributed by atoms with Crippen molar-refractivity contribution in [1.82, 2.24) is 20.4 Å². The van der Waals surface area contributed by atoms with E-state index in [0.717, 1.165) is 54.5 Å². The molecule has 5 heteroatoms. The van der Waals surface area contributed by atoms with Crippen LogP contribution in [0.1, 0.15) is 54.7 Å². The van der Waals surface area contributed by atoms with E-state index in [9.17, 15) is 0 Å². The molecular formula is C16H20N4O. The smallest absolute Gasteiger partial charge is 0.170 e. The molecule has 1 saturated heterocycles. The van der Waals surface area contributed by atoms with Crippen LogP contribution < -0.4 is 5.32 Å². The first-order valence-electron chi connectivity index (χ1n) is 7.82. The van der Waals surface area contributed by atoms with Crippen molar-refractivity contribution in [1.29, 1.82) is 0 Å². The summed E-state index contributed by atoms with van der Waals surface area (Å²) in [5.41, 5.74) is 3.07. The molecule has 110 valence electrons. The molecule has 1 aliphatic heterocycles. The van der Waals surface area contributed by atoms with Crippen molar-refractivity contribution in [2.24, 2.45) is 0 Å². The van der Waals surface area contributed by atoms with Gasteiger partial charge >= 0.3 is 0 Å². The third kappa shape index (κ3) is 2.58. The van der Waals surface area contributed by atoms with Crippen LogP contribution in [0, 0.1) is 6.92 Å². The summed E-state index contributed by atoms with van der Waals surface area (Å²) in [6.45, 7) is 4.06. The number of rotatable bonds is 3. The fourth-order valence-electron chi connectivity index (χ4n) is 3.03. The lowest BCUT2D eigenvalue weighted by molar-refractivity contribution is 0.422. The maximum atomic E-state index is 5.45. The Morgan fingerprint density at radius 1 is 1.14 bits per heavy atom. The molecule has 1 N–H and O–H groups in total. The molecule has 0 atom stereocenters. The average Bonchev–Trinajstić information content (AvgIpc) is 3.29. The molecule has 2 aromatic rings. The van der Waals surface area contributed by atoms with E-state index < -0.39 is 0 Å². The summed E-state index contributed by atoms with van der Waals surface area (Å²) in [7, 11) is 0. The van der Waals surface area contributed by atoms with Gasteiger partial charge in [-0.3, -0.25) is 0 Å². The van der Waals surface area contributed by atoms with Gasteiger partial charge in [0.1, 0.15) is 5.82 Å². The van der Waals surface area contributed by atoms with Gasteiger partial charge in [0.05, 0.1) is 17.0 Å². The number of hydrogen-bond donors (Lipinski definition) is 1. The summed E-state index contributed by atoms with van der Waals surface area (Å²) in [6.07, 6.45) is 6.65. The van der Waals surface area contributed by atoms with E-state index in [2.05, 4.69) is 15.5 Å². The minimum absolute atomic E-state index is 0.493. The first kappa shape index (κ1) is 13.0. The number of aryl methyl sites for hydroxylation is 1. The summed E-state index contributed by atoms with van der Waals surface area (Å²) in [5, 5.41) is 7.42. The minimum atomic E-state index is 0.493. The molecule has 0 radical (unpaired) electrons. The lowest BCUT2D eigenvalue weighted by Gasteiger charge is -2.23. The maximum Gasteiger partial charge on any atom is 0.170 e. The number of nitrogens with one attached hydrogen (secondary N) is 1. The molecule has 0 spiro atoms. The Morgan fingerprint density at radius 2 is 1.95 bits per heavy atom. The van der Waals surface area contributed by atoms with E-state index in [1.807, 2.05) is 19.2 Å². The Kier molecular flexibility index (Phi) is 3.22. The van der Waals surface area contributed by atoms with Crippen LogP contribution in [-0.4, -0.2) is 28.2 Å². The van der Waals surface area contributed by atoms with Crippen LogP contribution in [0.25, 0.3) is 11.3 Å². The van der Waals surface area contributed by atoms with Crippen LogP contribution in [0.15, 0.2) is 16.8 Å². The van der Waals surface area contributed by atoms with Gasteiger partial charge in [-0.1, -0.05) is 5.16 Å². The summed E-state index contributed by atoms with van der Waals surface area (Å²) in [4.78, 5) is 9.48. The number of hydrogen-bond acceptors (Lipinski definition) is 5. The van der Waals surface area contributed by atoms with E-state index >= 15 is 0 Å². The third-order valence-electron chi connectivity index (χ3n) is 4.40. The van der Waals surface area contributed by atoms with E-state index in [1.165, 1.54) is 12.8 Å². The first-order valence-corrected chi connectivity index (χ1v) is 7.82. The molecule has 1 aliphatic carbocycles. The Labute approximate surface area is 124 Å². The van der Waals surface area contributed by atoms with Gasteiger partial charge in [-0.2, -0.15) is 0 Å². The van der Waals surface area contributed by atoms with Crippen molar-refractivity contribution in [3.8, 4) is 11.3 Å². The van der Waals surface area contributed by atoms with Crippen molar-refractivity contribution in [2.45, 2.75) is 44.4 Å². The van der Waals surface area contributed by atoms with Crippen LogP contribution in [0.2, 0.25) is 0 Å². The zero-order chi connectivity index (χ0) is 14.2. The SMILES string of the molecule is Cc1cc(-c2cnc(C3CC3)nc2C2CCNCC2)on1. The summed E-state index contributed by atoms with van der Waals surface area (Å²) in [5.74, 6) is 2.88. The lowest BCUT2D eigenvalue weighted by Crippen LogP contribution is -2.27. The van der Waals surface area contributed by atoms with Gasteiger partial charge < -0.3 is 9.84 Å². The maximum absolute atomic E-state index is 5.45. The largest absolute Gasteiger partial charge is 0.356 e. The zero-order valence-electron chi connectivity index (χ0n) is 12.3. The quantitative estimate of drug-likeness (QED) is 0.939. The monoisotopic (exact) mass is 284 g/mol. The zero-order valence-corrected chi connectivity index (χ0v) is 12.3. The summed E-state index contributed by atoms with van der Waals surface area (Å²) < 4.78 is 5.45. The van der Waals surface area contributed by atoms with Gasteiger partial charge in [0.2, 0.25) is 0 Å². The standard InChI is InChI=1S/C16H20N4O/c1-10-8-14(21-20-10)13-9-18-16(12-2-3-12)19-15(13)11-4-6-17-7-5-11/h8-9,11-12,17H,2-7H2,1H3. The molecule has 2 aliphatic rings. The molecule has 0 amide bonds. The molecular weight excluding hydrogens is 264 g/mol. The summed E-state index contributed by atoms with van der Waals surface area (Å²) in [6, 6.07) is 1.97. The van der Waals surface area contributed by atoms with Gasteiger partial charge in [0.25, 0.3) is 0 Å². The highest BCUT2D eigenvalue weighted by molar-refractivity contribution is 5.60. The van der Waals surface area contributed by atoms with E-state index in [0.29, 0.717) is 11.8 Å². The fraction of sp³-hybridized carbons (Fsp3) is 0.562. The number of nitrogens with zero attached hydrogens (tertiary/aromatic N) is 3. The third-order valence-corrected chi connectivity index (χ3v) is 4.40. The second-order valence-corrected chi connectivity index (χ2v) is 6.16. The van der Waals surface area contributed by atoms with Crippen molar-refractivity contribution >= 4 is 0 Å². The Hall–Kier alpha value is -1.75. The van der Waals surface area contributed by atoms with E-state index in [-0.39, 0.29) is 0 Å². The average molecular weight is 284 g/mol. The highest BCUT2D eigenvalue weighted by atomic mass is 16.5. The topological polar surface area (TPSA) is 63.8 Å². The van der Waals surface area contributed by atoms with Gasteiger partial charge in [0.15, 0.2) is 5.76 Å². The van der Waals surface area contributed by atoms with Crippen LogP contribution >= 0.6 is 0 Å². The molecule has 1 saturated carbocycles. The summed E-state index contributed by atoms with van der Waals surface area (Å²) >= 11 is 0. The molecule has 2 aromatic heterocycles. The number of aromatic nitrogens is 3. The van der Waals surface area contributed by atoms with Gasteiger partial charge in [-0.25, -0.2) is 9.97 Å². The molecule has 0 aromatic carbocycles. The second-order valence-electron chi connectivity index (χ2n) is 6.16. The normalized spacial score (nSPS) is 19.9. The van der Waals surface area contributed by atoms with Crippen molar-refractivity contribution < 1.29 is 4.52 Å². The van der Waals surface area contributed by atoms with Crippen LogP contribution in [0.3, 0.4) is 0 Å². The molecule has 0 bridgehead atoms. The Balaban J connectivity index is 1.76. The number of piperidine rings is 1. The predicted molar refractivity (Wildman–Crippen MR) is 79.1 cm³/mol. The molecule has 5 nitrogen and oxygen atoms in total. The molecule has 3 heterocycles. The van der Waals surface area contributed by atoms with Crippen molar-refractivity contribution in [3.05, 3.63) is 29.5 Å². The van der Waals surface area contributed by atoms with E-state index in [4.69, 9.17) is 9.51 Å². The minimum Gasteiger partial charge on any atom is -0.356 e. The molecule has 2 fully saturated rings. The highest BCUT2D eigenvalue weighted by Crippen LogP contribution is 2.40. The highest BCUT2D eigenvalue weighted by Gasteiger charge is 2.29. The fourth-order valence-corrected chi connectivity index (χ4v) is 3.03. The van der Waals surface area contributed by atoms with E-state index in [1.54, 1.807) is 0 Å². The van der Waals surface area contributed by atoms with Crippen molar-refractivity contribution in [3.63, 3.8) is 0 Å². The molecule has 21 heavy (non-hydrogen) atoms. The Morgan fingerprint density at radius 3 is 2.62 bits per heavy atom. The van der Waals surface area contributed by atoms with Crippen LogP contribution in [-0.2, 0) is 0 Å². The lowest BCUT2D eigenvalue weighted by atomic mass is 9.91. The second kappa shape index (κ2) is 5.22. The van der Waals surface area contributed by atoms with Crippen molar-refractivity contribution in [2.75, 3.05) is 13.1 Å². The van der Waals surface area contributed by atoms with Gasteiger partial charge in [-0.15, -0.1) is 0 Å².